The van der Waals surface area contributed by atoms with Crippen molar-refractivity contribution in [2.24, 2.45) is 5.73 Å². The number of piperidine rings is 1. The summed E-state index contributed by atoms with van der Waals surface area (Å²) in [4.78, 5) is 19.0. The molecule has 3 N–H and O–H groups in total. The minimum absolute atomic E-state index is 0.189. The lowest BCUT2D eigenvalue weighted by Crippen LogP contribution is -2.29. The number of carbonyl (C=O) groups excluding carboxylic acids is 1. The largest absolute Gasteiger partial charge is 0.398 e. The van der Waals surface area contributed by atoms with Gasteiger partial charge in [-0.25, -0.2) is 8.78 Å². The number of fused-ring (bicyclic) bond motifs is 1. The number of anilines is 1. The first-order valence-corrected chi connectivity index (χ1v) is 10.4. The molecule has 0 atom stereocenters. The second-order valence-electron chi connectivity index (χ2n) is 7.85. The van der Waals surface area contributed by atoms with E-state index >= 15 is 0 Å². The summed E-state index contributed by atoms with van der Waals surface area (Å²) >= 11 is 0. The summed E-state index contributed by atoms with van der Waals surface area (Å²) in [6.07, 6.45) is 3.30. The zero-order chi connectivity index (χ0) is 21.1. The summed E-state index contributed by atoms with van der Waals surface area (Å²) < 4.78 is 25.8. The van der Waals surface area contributed by atoms with Crippen molar-refractivity contribution in [3.63, 3.8) is 0 Å². The summed E-state index contributed by atoms with van der Waals surface area (Å²) in [6, 6.07) is 9.81. The van der Waals surface area contributed by atoms with Crippen LogP contribution in [0.3, 0.4) is 0 Å². The number of amides is 1. The summed E-state index contributed by atoms with van der Waals surface area (Å²) in [5.74, 6) is -0.269. The summed E-state index contributed by atoms with van der Waals surface area (Å²) in [5.41, 5.74) is 9.90. The maximum Gasteiger partial charge on any atom is 0.265 e. The van der Waals surface area contributed by atoms with Crippen LogP contribution in [0.15, 0.2) is 42.1 Å². The van der Waals surface area contributed by atoms with E-state index < -0.39 is 6.43 Å². The summed E-state index contributed by atoms with van der Waals surface area (Å²) in [7, 11) is 0. The number of nitrogens with zero attached hydrogens (tertiary/aromatic N) is 2. The zero-order valence-electron chi connectivity index (χ0n) is 16.8. The number of halogens is 2. The normalized spacial score (nSPS) is 16.2. The van der Waals surface area contributed by atoms with Crippen LogP contribution in [0, 0.1) is 0 Å². The Bertz CT molecular complexity index is 950. The zero-order valence-corrected chi connectivity index (χ0v) is 16.8. The van der Waals surface area contributed by atoms with E-state index in [0.717, 1.165) is 24.8 Å². The monoisotopic (exact) mass is 412 g/mol. The first-order chi connectivity index (χ1) is 14.5. The number of hydrogen-bond acceptors (Lipinski definition) is 4. The van der Waals surface area contributed by atoms with Gasteiger partial charge in [-0.15, -0.1) is 0 Å². The molecule has 0 saturated carbocycles. The van der Waals surface area contributed by atoms with E-state index in [1.807, 2.05) is 0 Å². The summed E-state index contributed by atoms with van der Waals surface area (Å²) in [6.45, 7) is 2.70. The highest BCUT2D eigenvalue weighted by Gasteiger charge is 2.26. The molecule has 2 heterocycles. The van der Waals surface area contributed by atoms with Gasteiger partial charge in [-0.3, -0.25) is 9.78 Å². The molecule has 0 bridgehead atoms. The van der Waals surface area contributed by atoms with E-state index in [4.69, 9.17) is 5.73 Å². The predicted octanol–water partition coefficient (Wildman–Crippen LogP) is 3.59. The van der Waals surface area contributed by atoms with Crippen molar-refractivity contribution in [3.05, 3.63) is 64.5 Å². The average Bonchev–Trinajstić information content (AvgIpc) is 3.11. The third-order valence-corrected chi connectivity index (χ3v) is 5.83. The van der Waals surface area contributed by atoms with Gasteiger partial charge in [0.15, 0.2) is 0 Å². The number of aromatic nitrogens is 1. The van der Waals surface area contributed by atoms with Crippen LogP contribution in [-0.4, -0.2) is 30.5 Å². The molecule has 1 aliphatic heterocycles. The van der Waals surface area contributed by atoms with Crippen LogP contribution < -0.4 is 16.0 Å². The van der Waals surface area contributed by atoms with Crippen molar-refractivity contribution in [1.29, 1.82) is 0 Å². The van der Waals surface area contributed by atoms with Gasteiger partial charge >= 0.3 is 0 Å². The molecule has 1 amide bonds. The van der Waals surface area contributed by atoms with Gasteiger partial charge in [0.25, 0.3) is 6.43 Å². The lowest BCUT2D eigenvalue weighted by atomic mass is 10.1. The van der Waals surface area contributed by atoms with Crippen LogP contribution in [0.4, 0.5) is 14.5 Å². The first kappa shape index (κ1) is 20.3. The van der Waals surface area contributed by atoms with Gasteiger partial charge in [0, 0.05) is 60.3 Å². The van der Waals surface area contributed by atoms with Crippen LogP contribution in [0.2, 0.25) is 0 Å². The second-order valence-corrected chi connectivity index (χ2v) is 7.85. The topological polar surface area (TPSA) is 71.2 Å². The quantitative estimate of drug-likeness (QED) is 0.761. The Kier molecular flexibility index (Phi) is 5.97. The van der Waals surface area contributed by atoms with Gasteiger partial charge < -0.3 is 16.0 Å². The SMILES string of the molecule is NC1=C(C(=O)NCCc2ccc(N3CCCCC3)cc2)Cc2ncc(C(F)F)cc21. The van der Waals surface area contributed by atoms with Crippen molar-refractivity contribution in [1.82, 2.24) is 10.3 Å². The lowest BCUT2D eigenvalue weighted by molar-refractivity contribution is -0.117. The Balaban J connectivity index is 1.32. The Morgan fingerprint density at radius 3 is 2.60 bits per heavy atom. The molecule has 1 aromatic carbocycles. The van der Waals surface area contributed by atoms with E-state index in [1.54, 1.807) is 0 Å². The highest BCUT2D eigenvalue weighted by molar-refractivity contribution is 6.03. The lowest BCUT2D eigenvalue weighted by Gasteiger charge is -2.28. The van der Waals surface area contributed by atoms with Crippen LogP contribution in [0.1, 0.15) is 48.1 Å². The smallest absolute Gasteiger partial charge is 0.265 e. The minimum Gasteiger partial charge on any atom is -0.398 e. The van der Waals surface area contributed by atoms with E-state index in [1.165, 1.54) is 31.0 Å². The fraction of sp³-hybridized carbons (Fsp3) is 0.391. The fourth-order valence-electron chi connectivity index (χ4n) is 4.08. The Morgan fingerprint density at radius 2 is 1.90 bits per heavy atom. The van der Waals surface area contributed by atoms with Gasteiger partial charge in [0.1, 0.15) is 0 Å². The molecule has 5 nitrogen and oxygen atoms in total. The molecule has 1 fully saturated rings. The number of alkyl halides is 2. The highest BCUT2D eigenvalue weighted by atomic mass is 19.3. The molecule has 4 rings (SSSR count). The molecule has 1 aromatic heterocycles. The molecular weight excluding hydrogens is 386 g/mol. The van der Waals surface area contributed by atoms with Crippen LogP contribution in [-0.2, 0) is 17.6 Å². The Hall–Kier alpha value is -2.96. The maximum atomic E-state index is 12.9. The highest BCUT2D eigenvalue weighted by Crippen LogP contribution is 2.31. The second kappa shape index (κ2) is 8.81. The minimum atomic E-state index is -2.62. The van der Waals surface area contributed by atoms with Gasteiger partial charge in [0.05, 0.1) is 5.69 Å². The van der Waals surface area contributed by atoms with Crippen molar-refractivity contribution < 1.29 is 13.6 Å². The molecule has 1 aliphatic carbocycles. The van der Waals surface area contributed by atoms with Gasteiger partial charge in [-0.05, 0) is 49.4 Å². The van der Waals surface area contributed by atoms with Crippen LogP contribution >= 0.6 is 0 Å². The number of rotatable bonds is 6. The summed E-state index contributed by atoms with van der Waals surface area (Å²) in [5, 5.41) is 2.89. The number of hydrogen-bond donors (Lipinski definition) is 2. The number of benzene rings is 1. The molecule has 1 saturated heterocycles. The maximum absolute atomic E-state index is 12.9. The third kappa shape index (κ3) is 4.30. The van der Waals surface area contributed by atoms with Crippen LogP contribution in [0.5, 0.6) is 0 Å². The molecular formula is C23H26F2N4O. The molecule has 2 aliphatic rings. The Labute approximate surface area is 175 Å². The van der Waals surface area contributed by atoms with Gasteiger partial charge in [-0.2, -0.15) is 0 Å². The standard InChI is InChI=1S/C23H26F2N4O/c24-22(25)16-12-18-20(28-14-16)13-19(21(18)26)23(30)27-9-8-15-4-6-17(7-5-15)29-10-2-1-3-11-29/h4-7,12,14,22H,1-3,8-11,13,26H2,(H,27,30). The fourth-order valence-corrected chi connectivity index (χ4v) is 4.08. The van der Waals surface area contributed by atoms with E-state index in [-0.39, 0.29) is 23.6 Å². The predicted molar refractivity (Wildman–Crippen MR) is 113 cm³/mol. The molecule has 0 radical (unpaired) electrons. The molecule has 30 heavy (non-hydrogen) atoms. The van der Waals surface area contributed by atoms with E-state index in [0.29, 0.717) is 29.8 Å². The van der Waals surface area contributed by atoms with Crippen molar-refractivity contribution in [2.45, 2.75) is 38.5 Å². The van der Waals surface area contributed by atoms with Gasteiger partial charge in [0.2, 0.25) is 5.91 Å². The van der Waals surface area contributed by atoms with Crippen molar-refractivity contribution in [3.8, 4) is 0 Å². The van der Waals surface area contributed by atoms with Crippen molar-refractivity contribution in [2.75, 3.05) is 24.5 Å². The van der Waals surface area contributed by atoms with E-state index in [2.05, 4.69) is 39.5 Å². The third-order valence-electron chi connectivity index (χ3n) is 5.83. The van der Waals surface area contributed by atoms with E-state index in [9.17, 15) is 13.6 Å². The van der Waals surface area contributed by atoms with Gasteiger partial charge in [-0.1, -0.05) is 12.1 Å². The molecule has 7 heteroatoms. The average molecular weight is 412 g/mol. The molecule has 0 unspecified atom stereocenters. The number of carbonyl (C=O) groups is 1. The molecule has 0 spiro atoms. The molecule has 158 valence electrons. The number of pyridine rings is 1. The first-order valence-electron chi connectivity index (χ1n) is 10.4. The van der Waals surface area contributed by atoms with Crippen LogP contribution in [0.25, 0.3) is 5.70 Å². The Morgan fingerprint density at radius 1 is 1.17 bits per heavy atom. The molecule has 2 aromatic rings. The number of nitrogens with two attached hydrogens (primary N) is 1. The number of nitrogens with one attached hydrogen (secondary N) is 1. The van der Waals surface area contributed by atoms with Crippen molar-refractivity contribution >= 4 is 17.3 Å².